The van der Waals surface area contributed by atoms with E-state index in [-0.39, 0.29) is 37.5 Å². The van der Waals surface area contributed by atoms with Gasteiger partial charge in [0, 0.05) is 37.5 Å². The summed E-state index contributed by atoms with van der Waals surface area (Å²) in [5.41, 5.74) is 0. The van der Waals surface area contributed by atoms with Crippen molar-refractivity contribution in [2.45, 2.75) is 0 Å². The van der Waals surface area contributed by atoms with E-state index in [0.29, 0.717) is 0 Å². The smallest absolute Gasteiger partial charge is 0 e. The molecule has 0 saturated heterocycles. The summed E-state index contributed by atoms with van der Waals surface area (Å²) in [5.74, 6) is 0. The maximum Gasteiger partial charge on any atom is 0 e. The van der Waals surface area contributed by atoms with Crippen LogP contribution in [-0.2, 0) is 37.5 Å². The predicted octanol–water partition coefficient (Wildman–Crippen LogP) is 0.0914. The molecular formula is CFeNPd-. The zero-order valence-electron chi connectivity index (χ0n) is 1.62. The Bertz CT molecular complexity index is 12.8. The molecule has 0 heterocycles. The Balaban J connectivity index is -0.00000000500. The van der Waals surface area contributed by atoms with E-state index in [1.165, 1.54) is 0 Å². The zero-order chi connectivity index (χ0) is 2.00. The second-order valence-corrected chi connectivity index (χ2v) is 0. The van der Waals surface area contributed by atoms with Crippen LogP contribution < -0.4 is 0 Å². The van der Waals surface area contributed by atoms with Gasteiger partial charge in [-0.25, -0.2) is 0 Å². The number of hydrogen-bond acceptors (Lipinski definition) is 1. The summed E-state index contributed by atoms with van der Waals surface area (Å²) in [6, 6.07) is 0. The largest absolute Gasteiger partial charge is 0.512 e. The molecule has 0 spiro atoms. The van der Waals surface area contributed by atoms with Crippen molar-refractivity contribution in [3.05, 3.63) is 6.57 Å². The van der Waals surface area contributed by atoms with Crippen molar-refractivity contribution < 1.29 is 37.5 Å². The third-order valence-electron chi connectivity index (χ3n) is 0. The second kappa shape index (κ2) is 58.1. The first-order valence-corrected chi connectivity index (χ1v) is 0.224. The van der Waals surface area contributed by atoms with Crippen molar-refractivity contribution in [1.29, 1.82) is 5.26 Å². The van der Waals surface area contributed by atoms with Crippen molar-refractivity contribution in [2.75, 3.05) is 0 Å². The molecule has 0 aliphatic carbocycles. The molecule has 1 nitrogen and oxygen atoms in total. The molecule has 0 saturated carbocycles. The molecule has 0 aliphatic rings. The minimum absolute atomic E-state index is 0. The van der Waals surface area contributed by atoms with E-state index in [0.717, 1.165) is 0 Å². The Labute approximate surface area is 49.5 Å². The quantitative estimate of drug-likeness (QED) is 0.390. The minimum Gasteiger partial charge on any atom is -0.512 e. The Morgan fingerprint density at radius 1 is 1.25 bits per heavy atom. The molecule has 0 aromatic rings. The van der Waals surface area contributed by atoms with E-state index >= 15 is 0 Å². The van der Waals surface area contributed by atoms with Gasteiger partial charge in [0.1, 0.15) is 0 Å². The molecule has 0 rings (SSSR count). The van der Waals surface area contributed by atoms with Crippen LogP contribution in [0, 0.1) is 11.8 Å². The summed E-state index contributed by atoms with van der Waals surface area (Å²) in [4.78, 5) is 0. The summed E-state index contributed by atoms with van der Waals surface area (Å²) in [6.45, 7) is 4.75. The molecule has 0 aromatic heterocycles. The van der Waals surface area contributed by atoms with Gasteiger partial charge in [0.15, 0.2) is 0 Å². The molecular weight excluding hydrogens is 188 g/mol. The Morgan fingerprint density at radius 3 is 1.25 bits per heavy atom. The fourth-order valence-corrected chi connectivity index (χ4v) is 0. The second-order valence-electron chi connectivity index (χ2n) is 0. The topological polar surface area (TPSA) is 23.8 Å². The molecule has 0 aromatic carbocycles. The molecule has 28 valence electrons. The molecule has 3 heteroatoms. The fraction of sp³-hybridized carbons (Fsp3) is 0. The summed E-state index contributed by atoms with van der Waals surface area (Å²) in [7, 11) is 0. The van der Waals surface area contributed by atoms with Crippen molar-refractivity contribution in [2.24, 2.45) is 0 Å². The molecule has 0 fully saturated rings. The molecule has 0 N–H and O–H groups in total. The van der Waals surface area contributed by atoms with E-state index in [1.807, 2.05) is 0 Å². The number of nitrogens with zero attached hydrogens (tertiary/aromatic N) is 1. The zero-order valence-corrected chi connectivity index (χ0v) is 4.28. The van der Waals surface area contributed by atoms with Gasteiger partial charge in [0.25, 0.3) is 0 Å². The van der Waals surface area contributed by atoms with Crippen LogP contribution in [0.2, 0.25) is 0 Å². The van der Waals surface area contributed by atoms with Gasteiger partial charge in [-0.05, 0) is 0 Å². The van der Waals surface area contributed by atoms with E-state index in [2.05, 4.69) is 0 Å². The summed E-state index contributed by atoms with van der Waals surface area (Å²) in [5, 5.41) is 6.25. The standard InChI is InChI=1S/CN.Fe.Pd/c1-2;;/q-1;;. The van der Waals surface area contributed by atoms with Crippen LogP contribution >= 0.6 is 0 Å². The SMILES string of the molecule is [C-]#N.[Fe].[Pd]. The van der Waals surface area contributed by atoms with Crippen LogP contribution in [0.25, 0.3) is 0 Å². The third-order valence-corrected chi connectivity index (χ3v) is 0. The summed E-state index contributed by atoms with van der Waals surface area (Å²) < 4.78 is 0. The Kier molecular flexibility index (Phi) is 327. The van der Waals surface area contributed by atoms with Crippen LogP contribution in [-0.4, -0.2) is 0 Å². The van der Waals surface area contributed by atoms with E-state index in [9.17, 15) is 0 Å². The van der Waals surface area contributed by atoms with E-state index < -0.39 is 0 Å². The van der Waals surface area contributed by atoms with Gasteiger partial charge in [-0.1, -0.05) is 0 Å². The van der Waals surface area contributed by atoms with Crippen molar-refractivity contribution in [3.8, 4) is 0 Å². The van der Waals surface area contributed by atoms with Gasteiger partial charge < -0.3 is 11.8 Å². The van der Waals surface area contributed by atoms with Gasteiger partial charge in [-0.2, -0.15) is 0 Å². The normalized spacial score (nSPS) is 0.500. The Morgan fingerprint density at radius 2 is 1.25 bits per heavy atom. The van der Waals surface area contributed by atoms with Crippen LogP contribution in [0.3, 0.4) is 0 Å². The van der Waals surface area contributed by atoms with Crippen molar-refractivity contribution in [1.82, 2.24) is 0 Å². The molecule has 4 heavy (non-hydrogen) atoms. The first-order valence-electron chi connectivity index (χ1n) is 0.224. The summed E-state index contributed by atoms with van der Waals surface area (Å²) in [6.07, 6.45) is 0. The van der Waals surface area contributed by atoms with Crippen molar-refractivity contribution in [3.63, 3.8) is 0 Å². The molecule has 0 radical (unpaired) electrons. The van der Waals surface area contributed by atoms with Crippen LogP contribution in [0.1, 0.15) is 0 Å². The van der Waals surface area contributed by atoms with Gasteiger partial charge in [0.05, 0.1) is 0 Å². The predicted molar refractivity (Wildman–Crippen MR) is 4.97 cm³/mol. The third kappa shape index (κ3) is 16.5. The van der Waals surface area contributed by atoms with Crippen molar-refractivity contribution >= 4 is 0 Å². The molecule has 0 atom stereocenters. The first kappa shape index (κ1) is 22.5. The van der Waals surface area contributed by atoms with Crippen LogP contribution in [0.15, 0.2) is 0 Å². The van der Waals surface area contributed by atoms with Crippen LogP contribution in [0.5, 0.6) is 0 Å². The summed E-state index contributed by atoms with van der Waals surface area (Å²) >= 11 is 0. The minimum atomic E-state index is 0. The maximum atomic E-state index is 6.25. The van der Waals surface area contributed by atoms with E-state index in [1.54, 1.807) is 0 Å². The van der Waals surface area contributed by atoms with Gasteiger partial charge in [0.2, 0.25) is 0 Å². The van der Waals surface area contributed by atoms with Crippen LogP contribution in [0.4, 0.5) is 0 Å². The van der Waals surface area contributed by atoms with Gasteiger partial charge in [-0.15, -0.1) is 0 Å². The van der Waals surface area contributed by atoms with Gasteiger partial charge in [-0.3, -0.25) is 0 Å². The van der Waals surface area contributed by atoms with E-state index in [4.69, 9.17) is 11.8 Å². The molecule has 0 amide bonds. The average Bonchev–Trinajstić information content (AvgIpc) is 1.00. The average molecular weight is 188 g/mol. The number of hydrogen-bond donors (Lipinski definition) is 0. The first-order chi connectivity index (χ1) is 1.00. The maximum absolute atomic E-state index is 6.25. The Hall–Kier alpha value is 0.672. The fourth-order valence-electron chi connectivity index (χ4n) is 0. The number of rotatable bonds is 0. The molecule has 0 bridgehead atoms. The molecule has 0 aliphatic heterocycles. The molecule has 0 unspecified atom stereocenters. The monoisotopic (exact) mass is 188 g/mol. The van der Waals surface area contributed by atoms with Gasteiger partial charge >= 0.3 is 0 Å².